The van der Waals surface area contributed by atoms with Crippen LogP contribution in [0.4, 0.5) is 10.1 Å². The van der Waals surface area contributed by atoms with Crippen molar-refractivity contribution in [3.8, 4) is 0 Å². The number of halogens is 1. The number of amides is 1. The molecule has 0 atom stereocenters. The summed E-state index contributed by atoms with van der Waals surface area (Å²) < 4.78 is 35.3. The molecule has 1 aromatic rings. The Kier molecular flexibility index (Phi) is 3.11. The lowest BCUT2D eigenvalue weighted by Gasteiger charge is -2.03. The van der Waals surface area contributed by atoms with E-state index >= 15 is 0 Å². The first-order valence-electron chi connectivity index (χ1n) is 3.95. The van der Waals surface area contributed by atoms with Gasteiger partial charge >= 0.3 is 5.69 Å². The first kappa shape index (κ1) is 13.0. The molecule has 0 fully saturated rings. The molecule has 0 heterocycles. The normalized spacial score (nSPS) is 11.2. The van der Waals surface area contributed by atoms with Crippen LogP contribution in [0.2, 0.25) is 0 Å². The van der Waals surface area contributed by atoms with Gasteiger partial charge in [0.15, 0.2) is 0 Å². The average molecular weight is 263 g/mol. The molecule has 0 radical (unpaired) electrons. The summed E-state index contributed by atoms with van der Waals surface area (Å²) >= 11 is 0. The summed E-state index contributed by atoms with van der Waals surface area (Å²) in [4.78, 5) is 18.9. The summed E-state index contributed by atoms with van der Waals surface area (Å²) in [6.07, 6.45) is 0. The maximum Gasteiger partial charge on any atom is 0.307 e. The molecule has 10 heteroatoms. The van der Waals surface area contributed by atoms with Crippen molar-refractivity contribution in [1.29, 1.82) is 0 Å². The van der Waals surface area contributed by atoms with E-state index in [0.29, 0.717) is 12.1 Å². The molecular formula is C7H6FN3O5S. The fourth-order valence-electron chi connectivity index (χ4n) is 1.07. The number of nitrogens with two attached hydrogens (primary N) is 2. The highest BCUT2D eigenvalue weighted by atomic mass is 32.2. The van der Waals surface area contributed by atoms with Crippen LogP contribution in [0.15, 0.2) is 17.0 Å². The number of rotatable bonds is 3. The van der Waals surface area contributed by atoms with Gasteiger partial charge in [0.1, 0.15) is 4.90 Å². The van der Waals surface area contributed by atoms with Gasteiger partial charge < -0.3 is 5.73 Å². The van der Waals surface area contributed by atoms with Crippen LogP contribution in [0, 0.1) is 15.9 Å². The van der Waals surface area contributed by atoms with Gasteiger partial charge in [-0.2, -0.15) is 4.39 Å². The molecule has 0 saturated carbocycles. The molecule has 4 N–H and O–H groups in total. The molecule has 92 valence electrons. The predicted octanol–water partition coefficient (Wildman–Crippen LogP) is -0.520. The van der Waals surface area contributed by atoms with Crippen molar-refractivity contribution in [2.24, 2.45) is 10.9 Å². The molecule has 0 unspecified atom stereocenters. The second-order valence-electron chi connectivity index (χ2n) is 2.97. The van der Waals surface area contributed by atoms with Crippen LogP contribution in [0.3, 0.4) is 0 Å². The SMILES string of the molecule is NC(=O)c1cc([N+](=O)[O-])c(F)c(S(N)(=O)=O)c1. The molecule has 17 heavy (non-hydrogen) atoms. The minimum Gasteiger partial charge on any atom is -0.366 e. The van der Waals surface area contributed by atoms with Crippen LogP contribution in [-0.4, -0.2) is 19.2 Å². The van der Waals surface area contributed by atoms with E-state index in [4.69, 9.17) is 5.73 Å². The van der Waals surface area contributed by atoms with Crippen molar-refractivity contribution < 1.29 is 22.5 Å². The predicted molar refractivity (Wildman–Crippen MR) is 52.9 cm³/mol. The van der Waals surface area contributed by atoms with E-state index in [0.717, 1.165) is 0 Å². The fourth-order valence-corrected chi connectivity index (χ4v) is 1.71. The van der Waals surface area contributed by atoms with E-state index in [1.807, 2.05) is 0 Å². The van der Waals surface area contributed by atoms with Crippen molar-refractivity contribution in [3.63, 3.8) is 0 Å². The largest absolute Gasteiger partial charge is 0.366 e. The van der Waals surface area contributed by atoms with Gasteiger partial charge in [-0.15, -0.1) is 0 Å². The molecule has 1 rings (SSSR count). The van der Waals surface area contributed by atoms with Crippen molar-refractivity contribution >= 4 is 21.6 Å². The van der Waals surface area contributed by atoms with Crippen molar-refractivity contribution in [2.45, 2.75) is 4.90 Å². The highest BCUT2D eigenvalue weighted by Crippen LogP contribution is 2.25. The minimum atomic E-state index is -4.53. The Morgan fingerprint density at radius 2 is 1.94 bits per heavy atom. The molecular weight excluding hydrogens is 257 g/mol. The lowest BCUT2D eigenvalue weighted by Crippen LogP contribution is -2.18. The summed E-state index contributed by atoms with van der Waals surface area (Å²) in [6, 6.07) is 1.08. The zero-order chi connectivity index (χ0) is 13.4. The van der Waals surface area contributed by atoms with Crippen LogP contribution in [0.25, 0.3) is 0 Å². The highest BCUT2D eigenvalue weighted by molar-refractivity contribution is 7.89. The number of primary amides is 1. The highest BCUT2D eigenvalue weighted by Gasteiger charge is 2.26. The lowest BCUT2D eigenvalue weighted by molar-refractivity contribution is -0.387. The standard InChI is InChI=1S/C7H6FN3O5S/c8-6-4(11(13)14)1-3(7(9)12)2-5(6)17(10,15)16/h1-2H,(H2,9,12)(H2,10,15,16). The maximum absolute atomic E-state index is 13.4. The monoisotopic (exact) mass is 263 g/mol. The number of primary sulfonamides is 1. The van der Waals surface area contributed by atoms with Gasteiger partial charge in [-0.1, -0.05) is 0 Å². The number of sulfonamides is 1. The van der Waals surface area contributed by atoms with Crippen LogP contribution in [0.5, 0.6) is 0 Å². The Morgan fingerprint density at radius 3 is 2.29 bits per heavy atom. The summed E-state index contributed by atoms with van der Waals surface area (Å²) in [6.45, 7) is 0. The Labute approximate surface area is 94.2 Å². The third-order valence-electron chi connectivity index (χ3n) is 1.81. The number of carbonyl (C=O) groups is 1. The third kappa shape index (κ3) is 2.54. The molecule has 0 bridgehead atoms. The fraction of sp³-hybridized carbons (Fsp3) is 0. The van der Waals surface area contributed by atoms with Crippen LogP contribution in [0.1, 0.15) is 10.4 Å². The summed E-state index contributed by atoms with van der Waals surface area (Å²) in [5, 5.41) is 15.1. The zero-order valence-corrected chi connectivity index (χ0v) is 8.90. The minimum absolute atomic E-state index is 0.526. The van der Waals surface area contributed by atoms with Gasteiger partial charge in [0, 0.05) is 11.6 Å². The zero-order valence-electron chi connectivity index (χ0n) is 8.08. The molecule has 0 spiro atoms. The second-order valence-corrected chi connectivity index (χ2v) is 4.50. The van der Waals surface area contributed by atoms with Crippen molar-refractivity contribution in [2.75, 3.05) is 0 Å². The average Bonchev–Trinajstić information content (AvgIpc) is 2.15. The van der Waals surface area contributed by atoms with Gasteiger partial charge in [0.05, 0.1) is 4.92 Å². The van der Waals surface area contributed by atoms with Crippen LogP contribution < -0.4 is 10.9 Å². The van der Waals surface area contributed by atoms with Crippen molar-refractivity contribution in [3.05, 3.63) is 33.6 Å². The summed E-state index contributed by atoms with van der Waals surface area (Å²) in [5.41, 5.74) is 3.11. The Morgan fingerprint density at radius 1 is 1.41 bits per heavy atom. The number of benzene rings is 1. The molecule has 0 aliphatic carbocycles. The first-order chi connectivity index (χ1) is 7.64. The molecule has 1 aromatic carbocycles. The molecule has 8 nitrogen and oxygen atoms in total. The smallest absolute Gasteiger partial charge is 0.307 e. The van der Waals surface area contributed by atoms with Crippen molar-refractivity contribution in [1.82, 2.24) is 0 Å². The number of nitrogens with zero attached hydrogens (tertiary/aromatic N) is 1. The number of carbonyl (C=O) groups excluding carboxylic acids is 1. The van der Waals surface area contributed by atoms with E-state index in [2.05, 4.69) is 5.14 Å². The Bertz CT molecular complexity index is 612. The van der Waals surface area contributed by atoms with Gasteiger partial charge in [-0.25, -0.2) is 13.6 Å². The van der Waals surface area contributed by atoms with Gasteiger partial charge in [0.25, 0.3) is 0 Å². The van der Waals surface area contributed by atoms with E-state index in [-0.39, 0.29) is 0 Å². The Hall–Kier alpha value is -2.07. The number of nitro benzene ring substituents is 1. The summed E-state index contributed by atoms with van der Waals surface area (Å²) in [7, 11) is -4.53. The number of hydrogen-bond acceptors (Lipinski definition) is 5. The van der Waals surface area contributed by atoms with Gasteiger partial charge in [-0.05, 0) is 6.07 Å². The maximum atomic E-state index is 13.4. The molecule has 0 aromatic heterocycles. The lowest BCUT2D eigenvalue weighted by atomic mass is 10.2. The third-order valence-corrected chi connectivity index (χ3v) is 2.72. The van der Waals surface area contributed by atoms with E-state index in [1.54, 1.807) is 0 Å². The summed E-state index contributed by atoms with van der Waals surface area (Å²) in [5.74, 6) is -2.78. The van der Waals surface area contributed by atoms with Crippen LogP contribution >= 0.6 is 0 Å². The molecule has 1 amide bonds. The molecule has 0 saturated heterocycles. The molecule has 0 aliphatic heterocycles. The van der Waals surface area contributed by atoms with E-state index < -0.39 is 42.8 Å². The Balaban J connectivity index is 3.73. The topological polar surface area (TPSA) is 146 Å². The van der Waals surface area contributed by atoms with Gasteiger partial charge in [-0.3, -0.25) is 14.9 Å². The number of nitro groups is 1. The quantitative estimate of drug-likeness (QED) is 0.556. The molecule has 0 aliphatic rings. The first-order valence-corrected chi connectivity index (χ1v) is 5.49. The number of hydrogen-bond donors (Lipinski definition) is 2. The second kappa shape index (κ2) is 4.07. The van der Waals surface area contributed by atoms with E-state index in [1.165, 1.54) is 0 Å². The van der Waals surface area contributed by atoms with E-state index in [9.17, 15) is 27.7 Å². The van der Waals surface area contributed by atoms with Crippen LogP contribution in [-0.2, 0) is 10.0 Å². The van der Waals surface area contributed by atoms with Gasteiger partial charge in [0.2, 0.25) is 21.7 Å².